The van der Waals surface area contributed by atoms with E-state index in [-0.39, 0.29) is 5.78 Å². The number of benzene rings is 2. The third kappa shape index (κ3) is 7.13. The van der Waals surface area contributed by atoms with Crippen LogP contribution in [-0.2, 0) is 0 Å². The van der Waals surface area contributed by atoms with Crippen molar-refractivity contribution in [2.45, 2.75) is 72.6 Å². The van der Waals surface area contributed by atoms with Gasteiger partial charge in [-0.2, -0.15) is 0 Å². The van der Waals surface area contributed by atoms with Crippen LogP contribution < -0.4 is 0 Å². The zero-order valence-corrected chi connectivity index (χ0v) is 21.5. The van der Waals surface area contributed by atoms with Crippen LogP contribution in [0.15, 0.2) is 66.7 Å². The first-order valence-corrected chi connectivity index (χ1v) is 19.0. The van der Waals surface area contributed by atoms with E-state index >= 15 is 0 Å². The van der Waals surface area contributed by atoms with Crippen molar-refractivity contribution in [3.63, 3.8) is 0 Å². The zero-order chi connectivity index (χ0) is 21.0. The summed E-state index contributed by atoms with van der Waals surface area (Å²) in [5.41, 5.74) is 2.11. The van der Waals surface area contributed by atoms with Gasteiger partial charge in [-0.15, -0.1) is 0 Å². The van der Waals surface area contributed by atoms with E-state index in [0.717, 1.165) is 5.56 Å². The van der Waals surface area contributed by atoms with Crippen molar-refractivity contribution in [1.29, 1.82) is 0 Å². The molecule has 0 amide bonds. The zero-order valence-electron chi connectivity index (χ0n) is 18.6. The van der Waals surface area contributed by atoms with E-state index in [1.165, 1.54) is 61.0 Å². The van der Waals surface area contributed by atoms with Crippen LogP contribution in [0.3, 0.4) is 0 Å². The van der Waals surface area contributed by atoms with Gasteiger partial charge in [0.05, 0.1) is 0 Å². The van der Waals surface area contributed by atoms with Gasteiger partial charge in [0.1, 0.15) is 0 Å². The van der Waals surface area contributed by atoms with Gasteiger partial charge >= 0.3 is 183 Å². The molecular formula is C27H38OSn. The first kappa shape index (κ1) is 23.9. The van der Waals surface area contributed by atoms with Crippen LogP contribution in [0.1, 0.15) is 75.2 Å². The van der Waals surface area contributed by atoms with Crippen molar-refractivity contribution in [3.8, 4) is 0 Å². The minimum absolute atomic E-state index is 0.176. The van der Waals surface area contributed by atoms with Gasteiger partial charge < -0.3 is 0 Å². The maximum absolute atomic E-state index is 13.3. The summed E-state index contributed by atoms with van der Waals surface area (Å²) >= 11 is -2.74. The molecule has 0 spiro atoms. The van der Waals surface area contributed by atoms with Crippen molar-refractivity contribution in [2.24, 2.45) is 0 Å². The summed E-state index contributed by atoms with van der Waals surface area (Å²) < 4.78 is 5.57. The Labute approximate surface area is 182 Å². The van der Waals surface area contributed by atoms with Crippen LogP contribution in [0.5, 0.6) is 0 Å². The molecular weight excluding hydrogens is 459 g/mol. The number of ketones is 1. The topological polar surface area (TPSA) is 17.1 Å². The van der Waals surface area contributed by atoms with E-state index in [4.69, 9.17) is 0 Å². The molecule has 156 valence electrons. The Morgan fingerprint density at radius 3 is 1.52 bits per heavy atom. The molecule has 0 N–H and O–H groups in total. The van der Waals surface area contributed by atoms with E-state index in [9.17, 15) is 4.79 Å². The monoisotopic (exact) mass is 498 g/mol. The molecule has 0 saturated carbocycles. The van der Waals surface area contributed by atoms with E-state index in [0.29, 0.717) is 0 Å². The van der Waals surface area contributed by atoms with E-state index in [2.05, 4.69) is 57.2 Å². The maximum atomic E-state index is 13.3. The van der Waals surface area contributed by atoms with Crippen LogP contribution in [0.25, 0.3) is 3.59 Å². The van der Waals surface area contributed by atoms with Gasteiger partial charge in [0, 0.05) is 0 Å². The Bertz CT molecular complexity index is 727. The summed E-state index contributed by atoms with van der Waals surface area (Å²) in [6, 6.07) is 20.6. The minimum atomic E-state index is -2.74. The van der Waals surface area contributed by atoms with Crippen LogP contribution in [-0.4, -0.2) is 24.2 Å². The second-order valence-corrected chi connectivity index (χ2v) is 21.4. The molecule has 0 saturated heterocycles. The first-order valence-electron chi connectivity index (χ1n) is 11.5. The summed E-state index contributed by atoms with van der Waals surface area (Å²) in [7, 11) is 0. The first-order chi connectivity index (χ1) is 14.2. The molecule has 0 aliphatic carbocycles. The van der Waals surface area contributed by atoms with Crippen LogP contribution >= 0.6 is 0 Å². The van der Waals surface area contributed by atoms with Crippen LogP contribution in [0.2, 0.25) is 13.3 Å². The van der Waals surface area contributed by atoms with Gasteiger partial charge in [-0.05, 0) is 0 Å². The van der Waals surface area contributed by atoms with Crippen molar-refractivity contribution in [1.82, 2.24) is 0 Å². The average Bonchev–Trinajstić information content (AvgIpc) is 2.78. The molecule has 2 aromatic carbocycles. The Morgan fingerprint density at radius 2 is 1.10 bits per heavy atom. The van der Waals surface area contributed by atoms with Gasteiger partial charge in [-0.1, -0.05) is 0 Å². The summed E-state index contributed by atoms with van der Waals surface area (Å²) in [6.45, 7) is 6.91. The molecule has 0 radical (unpaired) electrons. The second kappa shape index (κ2) is 13.1. The van der Waals surface area contributed by atoms with Gasteiger partial charge in [-0.25, -0.2) is 0 Å². The molecule has 2 rings (SSSR count). The van der Waals surface area contributed by atoms with Gasteiger partial charge in [0.15, 0.2) is 0 Å². The molecule has 0 aliphatic rings. The van der Waals surface area contributed by atoms with Gasteiger partial charge in [0.2, 0.25) is 0 Å². The Balaban J connectivity index is 2.58. The molecule has 0 fully saturated rings. The number of hydrogen-bond acceptors (Lipinski definition) is 1. The number of carbonyl (C=O) groups is 1. The molecule has 0 atom stereocenters. The van der Waals surface area contributed by atoms with E-state index < -0.39 is 18.4 Å². The Morgan fingerprint density at radius 1 is 0.690 bits per heavy atom. The number of rotatable bonds is 13. The third-order valence-electron chi connectivity index (χ3n) is 6.02. The fourth-order valence-corrected chi connectivity index (χ4v) is 21.0. The molecule has 1 nitrogen and oxygen atoms in total. The molecule has 2 aromatic rings. The third-order valence-corrected chi connectivity index (χ3v) is 21.7. The van der Waals surface area contributed by atoms with Crippen molar-refractivity contribution < 1.29 is 4.79 Å². The van der Waals surface area contributed by atoms with Gasteiger partial charge in [0.25, 0.3) is 0 Å². The second-order valence-electron chi connectivity index (χ2n) is 8.25. The summed E-state index contributed by atoms with van der Waals surface area (Å²) in [4.78, 5) is 13.3. The van der Waals surface area contributed by atoms with Crippen molar-refractivity contribution >= 4 is 27.7 Å². The summed E-state index contributed by atoms with van der Waals surface area (Å²) in [6.07, 6.45) is 9.68. The van der Waals surface area contributed by atoms with Gasteiger partial charge in [-0.3, -0.25) is 0 Å². The van der Waals surface area contributed by atoms with Crippen molar-refractivity contribution in [3.05, 3.63) is 77.9 Å². The molecule has 0 heterocycles. The normalized spacial score (nSPS) is 12.2. The number of carbonyl (C=O) groups excluding carboxylic acids is 1. The predicted octanol–water partition coefficient (Wildman–Crippen LogP) is 8.34. The van der Waals surface area contributed by atoms with Crippen LogP contribution in [0.4, 0.5) is 0 Å². The molecule has 29 heavy (non-hydrogen) atoms. The molecule has 0 bridgehead atoms. The Hall–Kier alpha value is -1.35. The fraction of sp³-hybridized carbons (Fsp3) is 0.444. The number of allylic oxidation sites excluding steroid dienone is 1. The average molecular weight is 497 g/mol. The quantitative estimate of drug-likeness (QED) is 0.155. The number of hydrogen-bond donors (Lipinski definition) is 0. The van der Waals surface area contributed by atoms with E-state index in [1.807, 2.05) is 30.3 Å². The van der Waals surface area contributed by atoms with Crippen molar-refractivity contribution in [2.75, 3.05) is 0 Å². The molecule has 2 heteroatoms. The summed E-state index contributed by atoms with van der Waals surface area (Å²) in [5.74, 6) is 0.176. The predicted molar refractivity (Wildman–Crippen MR) is 130 cm³/mol. The van der Waals surface area contributed by atoms with Crippen LogP contribution in [0, 0.1) is 0 Å². The molecule has 0 aromatic heterocycles. The molecule has 0 aliphatic heterocycles. The summed E-state index contributed by atoms with van der Waals surface area (Å²) in [5, 5.41) is 0. The standard InChI is InChI=1S/C15H11O.3C4H9.Sn/c16-15(14-9-5-2-6-10-14)12-11-13-7-3-1-4-8-13;3*1-3-4-2;/h1-10,12H;3*1,3-4H2,2H3;. The fourth-order valence-electron chi connectivity index (χ4n) is 4.30. The Kier molecular flexibility index (Phi) is 10.8. The van der Waals surface area contributed by atoms with E-state index in [1.54, 1.807) is 0 Å². The molecule has 0 unspecified atom stereocenters. The SMILES string of the molecule is CCC[CH2][Sn]([CH2]CCC)([CH2]CCC)/[C](=C/C(=O)c1ccccc1)c1ccccc1. The number of unbranched alkanes of at least 4 members (excludes halogenated alkanes) is 3.